The first-order valence-corrected chi connectivity index (χ1v) is 6.99. The molecule has 90 valence electrons. The fraction of sp³-hybridized carbons (Fsp3) is 0.100. The summed E-state index contributed by atoms with van der Waals surface area (Å²) < 4.78 is 0. The van der Waals surface area contributed by atoms with Crippen LogP contribution < -0.4 is 0 Å². The van der Waals surface area contributed by atoms with E-state index in [4.69, 9.17) is 63.3 Å². The van der Waals surface area contributed by atoms with E-state index in [1.54, 1.807) is 0 Å². The van der Waals surface area contributed by atoms with E-state index in [1.165, 1.54) is 11.8 Å². The van der Waals surface area contributed by atoms with Gasteiger partial charge in [0, 0.05) is 16.2 Å². The molecule has 1 aromatic rings. The summed E-state index contributed by atoms with van der Waals surface area (Å²) in [4.78, 5) is 0.490. The number of benzene rings is 1. The van der Waals surface area contributed by atoms with Crippen LogP contribution in [0, 0.1) is 11.3 Å². The van der Waals surface area contributed by atoms with E-state index in [9.17, 15) is 0 Å². The van der Waals surface area contributed by atoms with Crippen molar-refractivity contribution in [2.45, 2.75) is 4.90 Å². The standard InChI is InChI=1S/C10H4Cl5NS/c1-4(2-16)3-17-10-8(14)6(12)5(11)7(13)9(10)15/h1,3H2. The van der Waals surface area contributed by atoms with Gasteiger partial charge in [0.05, 0.1) is 31.2 Å². The first kappa shape index (κ1) is 15.3. The lowest BCUT2D eigenvalue weighted by Gasteiger charge is -2.11. The summed E-state index contributed by atoms with van der Waals surface area (Å²) in [7, 11) is 0. The predicted molar refractivity (Wildman–Crippen MR) is 77.0 cm³/mol. The summed E-state index contributed by atoms with van der Waals surface area (Å²) in [6.07, 6.45) is 0. The Labute approximate surface area is 128 Å². The van der Waals surface area contributed by atoms with Gasteiger partial charge in [-0.25, -0.2) is 0 Å². The highest BCUT2D eigenvalue weighted by Gasteiger charge is 2.19. The minimum atomic E-state index is 0.117. The summed E-state index contributed by atoms with van der Waals surface area (Å²) in [5, 5.41) is 9.46. The number of halogens is 5. The van der Waals surface area contributed by atoms with Gasteiger partial charge in [0.25, 0.3) is 0 Å². The summed E-state index contributed by atoms with van der Waals surface area (Å²) in [6.45, 7) is 3.55. The van der Waals surface area contributed by atoms with Gasteiger partial charge in [-0.3, -0.25) is 0 Å². The van der Waals surface area contributed by atoms with Gasteiger partial charge in [-0.05, 0) is 0 Å². The first-order valence-electron chi connectivity index (χ1n) is 4.12. The van der Waals surface area contributed by atoms with Crippen molar-refractivity contribution in [3.8, 4) is 6.07 Å². The molecule has 0 heterocycles. The Morgan fingerprint density at radius 2 is 1.41 bits per heavy atom. The lowest BCUT2D eigenvalue weighted by Crippen LogP contribution is -1.87. The van der Waals surface area contributed by atoms with Gasteiger partial charge in [0.1, 0.15) is 0 Å². The molecular weight excluding hydrogens is 343 g/mol. The maximum atomic E-state index is 8.60. The maximum Gasteiger partial charge on any atom is 0.0949 e. The average molecular weight is 347 g/mol. The zero-order chi connectivity index (χ0) is 13.2. The molecule has 0 saturated heterocycles. The molecular formula is C10H4Cl5NS. The summed E-state index contributed by atoms with van der Waals surface area (Å²) in [5.41, 5.74) is 0.393. The van der Waals surface area contributed by atoms with E-state index >= 15 is 0 Å². The largest absolute Gasteiger partial charge is 0.193 e. The van der Waals surface area contributed by atoms with Crippen LogP contribution in [-0.2, 0) is 0 Å². The van der Waals surface area contributed by atoms with Crippen LogP contribution in [0.15, 0.2) is 17.0 Å². The third-order valence-electron chi connectivity index (χ3n) is 1.72. The highest BCUT2D eigenvalue weighted by molar-refractivity contribution is 7.99. The molecule has 0 aliphatic carbocycles. The number of thioether (sulfide) groups is 1. The molecule has 0 atom stereocenters. The Morgan fingerprint density at radius 3 is 1.82 bits per heavy atom. The second-order valence-corrected chi connectivity index (χ2v) is 5.78. The van der Waals surface area contributed by atoms with Gasteiger partial charge < -0.3 is 0 Å². The number of hydrogen-bond acceptors (Lipinski definition) is 2. The fourth-order valence-electron chi connectivity index (χ4n) is 0.903. The van der Waals surface area contributed by atoms with Gasteiger partial charge >= 0.3 is 0 Å². The summed E-state index contributed by atoms with van der Waals surface area (Å²) in [6, 6.07) is 1.92. The van der Waals surface area contributed by atoms with Crippen LogP contribution in [0.4, 0.5) is 0 Å². The van der Waals surface area contributed by atoms with Crippen molar-refractivity contribution in [3.63, 3.8) is 0 Å². The number of nitrogens with zero attached hydrogens (tertiary/aromatic N) is 1. The molecule has 17 heavy (non-hydrogen) atoms. The van der Waals surface area contributed by atoms with Crippen molar-refractivity contribution in [1.29, 1.82) is 5.26 Å². The SMILES string of the molecule is C=C(C#N)CSc1c(Cl)c(Cl)c(Cl)c(Cl)c1Cl. The van der Waals surface area contributed by atoms with Gasteiger partial charge in [-0.15, -0.1) is 11.8 Å². The van der Waals surface area contributed by atoms with Crippen molar-refractivity contribution in [1.82, 2.24) is 0 Å². The third-order valence-corrected chi connectivity index (χ3v) is 5.41. The fourth-order valence-corrected chi connectivity index (χ4v) is 3.32. The number of rotatable bonds is 3. The van der Waals surface area contributed by atoms with E-state index in [0.29, 0.717) is 16.2 Å². The number of hydrogen-bond donors (Lipinski definition) is 0. The molecule has 0 aromatic heterocycles. The molecule has 0 unspecified atom stereocenters. The van der Waals surface area contributed by atoms with Crippen LogP contribution in [0.3, 0.4) is 0 Å². The van der Waals surface area contributed by atoms with Crippen LogP contribution in [0.1, 0.15) is 0 Å². The highest BCUT2D eigenvalue weighted by Crippen LogP contribution is 2.47. The van der Waals surface area contributed by atoms with Crippen molar-refractivity contribution < 1.29 is 0 Å². The van der Waals surface area contributed by atoms with E-state index in [0.717, 1.165) is 0 Å². The van der Waals surface area contributed by atoms with E-state index < -0.39 is 0 Å². The molecule has 0 fully saturated rings. The van der Waals surface area contributed by atoms with E-state index in [2.05, 4.69) is 6.58 Å². The molecule has 0 amide bonds. The second-order valence-electron chi connectivity index (χ2n) is 2.90. The lowest BCUT2D eigenvalue weighted by atomic mass is 10.3. The van der Waals surface area contributed by atoms with E-state index in [1.807, 2.05) is 6.07 Å². The molecule has 0 bridgehead atoms. The van der Waals surface area contributed by atoms with Crippen molar-refractivity contribution in [2.75, 3.05) is 5.75 Å². The minimum absolute atomic E-state index is 0.117. The van der Waals surface area contributed by atoms with Gasteiger partial charge in [0.15, 0.2) is 0 Å². The zero-order valence-corrected chi connectivity index (χ0v) is 12.8. The quantitative estimate of drug-likeness (QED) is 0.284. The van der Waals surface area contributed by atoms with Crippen molar-refractivity contribution in [3.05, 3.63) is 37.3 Å². The Kier molecular flexibility index (Phi) is 5.79. The Balaban J connectivity index is 3.17. The molecule has 0 N–H and O–H groups in total. The van der Waals surface area contributed by atoms with Gasteiger partial charge in [0.2, 0.25) is 0 Å². The molecule has 7 heteroatoms. The second kappa shape index (κ2) is 6.43. The summed E-state index contributed by atoms with van der Waals surface area (Å²) in [5.74, 6) is 0.351. The van der Waals surface area contributed by atoms with Crippen molar-refractivity contribution >= 4 is 69.8 Å². The van der Waals surface area contributed by atoms with Gasteiger partial charge in [-0.1, -0.05) is 64.6 Å². The third kappa shape index (κ3) is 3.38. The number of nitriles is 1. The Morgan fingerprint density at radius 1 is 1.00 bits per heavy atom. The molecule has 0 spiro atoms. The molecule has 0 aliphatic heterocycles. The monoisotopic (exact) mass is 345 g/mol. The normalized spacial score (nSPS) is 10.1. The Hall–Kier alpha value is 0.250. The molecule has 0 aliphatic rings. The molecule has 1 nitrogen and oxygen atoms in total. The molecule has 1 rings (SSSR count). The maximum absolute atomic E-state index is 8.60. The van der Waals surface area contributed by atoms with Crippen LogP contribution >= 0.6 is 69.8 Å². The minimum Gasteiger partial charge on any atom is -0.193 e. The molecule has 1 aromatic carbocycles. The molecule has 0 saturated carbocycles. The predicted octanol–water partition coefficient (Wildman–Crippen LogP) is 6.13. The topological polar surface area (TPSA) is 23.8 Å². The first-order chi connectivity index (χ1) is 7.90. The summed E-state index contributed by atoms with van der Waals surface area (Å²) >= 11 is 30.9. The van der Waals surface area contributed by atoms with E-state index in [-0.39, 0.29) is 25.1 Å². The van der Waals surface area contributed by atoms with Crippen LogP contribution in [0.5, 0.6) is 0 Å². The highest BCUT2D eigenvalue weighted by atomic mass is 35.5. The lowest BCUT2D eigenvalue weighted by molar-refractivity contribution is 1.43. The Bertz CT molecular complexity index is 491. The van der Waals surface area contributed by atoms with Crippen LogP contribution in [-0.4, -0.2) is 5.75 Å². The van der Waals surface area contributed by atoms with Crippen molar-refractivity contribution in [2.24, 2.45) is 0 Å². The average Bonchev–Trinajstić information content (AvgIpc) is 2.33. The van der Waals surface area contributed by atoms with Gasteiger partial charge in [-0.2, -0.15) is 5.26 Å². The van der Waals surface area contributed by atoms with Crippen LogP contribution in [0.2, 0.25) is 25.1 Å². The molecule has 0 radical (unpaired) electrons. The smallest absolute Gasteiger partial charge is 0.0949 e. The van der Waals surface area contributed by atoms with Crippen LogP contribution in [0.25, 0.3) is 0 Å². The zero-order valence-electron chi connectivity index (χ0n) is 8.16.